The van der Waals surface area contributed by atoms with Crippen molar-refractivity contribution in [2.24, 2.45) is 5.41 Å². The molecule has 1 aliphatic carbocycles. The van der Waals surface area contributed by atoms with E-state index in [9.17, 15) is 13.8 Å². The lowest BCUT2D eigenvalue weighted by Gasteiger charge is -2.32. The number of carbonyl (C=O) groups is 2. The molecule has 0 aliphatic heterocycles. The predicted octanol–water partition coefficient (Wildman–Crippen LogP) is 4.69. The number of carbonyl (C=O) groups excluding carboxylic acids is 2. The second kappa shape index (κ2) is 7.84. The van der Waals surface area contributed by atoms with Crippen LogP contribution in [-0.4, -0.2) is 22.2 Å². The van der Waals surface area contributed by atoms with Gasteiger partial charge in [0.25, 0.3) is 0 Å². The molecule has 0 saturated carbocycles. The number of rotatable bonds is 4. The average Bonchev–Trinajstić information content (AvgIpc) is 2.61. The van der Waals surface area contributed by atoms with Crippen LogP contribution in [0, 0.1) is 12.3 Å². The quantitative estimate of drug-likeness (QED) is 0.704. The van der Waals surface area contributed by atoms with Crippen LogP contribution in [-0.2, 0) is 20.3 Å². The molecule has 1 atom stereocenters. The van der Waals surface area contributed by atoms with Crippen LogP contribution < -0.4 is 0 Å². The first-order chi connectivity index (χ1) is 13.2. The SMILES string of the molecule is Cc1ccccc1C1=C(OC(=O)c2ccccc2S(C)=O)CC(C)(C)CC1=O. The summed E-state index contributed by atoms with van der Waals surface area (Å²) in [6, 6.07) is 14.3. The molecule has 1 unspecified atom stereocenters. The number of ketones is 1. The summed E-state index contributed by atoms with van der Waals surface area (Å²) in [5, 5.41) is 0. The number of Topliss-reactive ketones (excluding diaryl/α,β-unsaturated/α-hetero) is 1. The number of hydrogen-bond acceptors (Lipinski definition) is 4. The Morgan fingerprint density at radius 1 is 1.04 bits per heavy atom. The van der Waals surface area contributed by atoms with Gasteiger partial charge in [-0.1, -0.05) is 50.2 Å². The minimum Gasteiger partial charge on any atom is -0.427 e. The largest absolute Gasteiger partial charge is 0.427 e. The van der Waals surface area contributed by atoms with Gasteiger partial charge in [-0.15, -0.1) is 0 Å². The molecule has 0 heterocycles. The molecule has 0 aromatic heterocycles. The fourth-order valence-corrected chi connectivity index (χ4v) is 4.29. The van der Waals surface area contributed by atoms with E-state index in [4.69, 9.17) is 4.74 Å². The minimum atomic E-state index is -1.32. The summed E-state index contributed by atoms with van der Waals surface area (Å²) in [5.74, 6) is -0.227. The summed E-state index contributed by atoms with van der Waals surface area (Å²) >= 11 is 0. The molecule has 0 amide bonds. The van der Waals surface area contributed by atoms with Gasteiger partial charge >= 0.3 is 5.97 Å². The van der Waals surface area contributed by atoms with Crippen LogP contribution in [0.1, 0.15) is 48.2 Å². The van der Waals surface area contributed by atoms with Gasteiger partial charge in [-0.3, -0.25) is 9.00 Å². The van der Waals surface area contributed by atoms with Crippen molar-refractivity contribution in [3.63, 3.8) is 0 Å². The summed E-state index contributed by atoms with van der Waals surface area (Å²) in [4.78, 5) is 26.3. The lowest BCUT2D eigenvalue weighted by Crippen LogP contribution is -2.27. The van der Waals surface area contributed by atoms with Gasteiger partial charge in [0.15, 0.2) is 5.78 Å². The topological polar surface area (TPSA) is 60.4 Å². The fourth-order valence-electron chi connectivity index (χ4n) is 3.56. The van der Waals surface area contributed by atoms with Crippen molar-refractivity contribution in [1.82, 2.24) is 0 Å². The van der Waals surface area contributed by atoms with E-state index in [-0.39, 0.29) is 16.8 Å². The lowest BCUT2D eigenvalue weighted by atomic mass is 9.74. The Hall–Kier alpha value is -2.53. The first-order valence-corrected chi connectivity index (χ1v) is 10.7. The van der Waals surface area contributed by atoms with E-state index in [0.29, 0.717) is 29.1 Å². The maximum absolute atomic E-state index is 13.0. The van der Waals surface area contributed by atoms with E-state index in [1.807, 2.05) is 45.0 Å². The van der Waals surface area contributed by atoms with E-state index >= 15 is 0 Å². The van der Waals surface area contributed by atoms with Gasteiger partial charge in [-0.05, 0) is 35.6 Å². The summed E-state index contributed by atoms with van der Waals surface area (Å²) in [7, 11) is -1.32. The molecule has 1 aliphatic rings. The highest BCUT2D eigenvalue weighted by Gasteiger charge is 2.36. The van der Waals surface area contributed by atoms with Crippen LogP contribution >= 0.6 is 0 Å². The van der Waals surface area contributed by atoms with E-state index < -0.39 is 16.8 Å². The maximum Gasteiger partial charge on any atom is 0.344 e. The molecular formula is C23H24O4S. The van der Waals surface area contributed by atoms with E-state index in [1.165, 1.54) is 6.26 Å². The normalized spacial score (nSPS) is 17.4. The molecule has 4 nitrogen and oxygen atoms in total. The third kappa shape index (κ3) is 4.14. The Labute approximate surface area is 168 Å². The fraction of sp³-hybridized carbons (Fsp3) is 0.304. The van der Waals surface area contributed by atoms with Crippen LogP contribution in [0.4, 0.5) is 0 Å². The number of benzene rings is 2. The zero-order chi connectivity index (χ0) is 20.5. The molecule has 2 aromatic rings. The summed E-state index contributed by atoms with van der Waals surface area (Å²) < 4.78 is 17.8. The zero-order valence-electron chi connectivity index (χ0n) is 16.6. The van der Waals surface area contributed by atoms with Crippen LogP contribution in [0.15, 0.2) is 59.2 Å². The molecule has 0 N–H and O–H groups in total. The molecule has 28 heavy (non-hydrogen) atoms. The first kappa shape index (κ1) is 20.2. The number of hydrogen-bond donors (Lipinski definition) is 0. The molecule has 0 spiro atoms. The van der Waals surface area contributed by atoms with Crippen molar-refractivity contribution in [3.05, 3.63) is 71.0 Å². The van der Waals surface area contributed by atoms with Gasteiger partial charge in [0.1, 0.15) is 5.76 Å². The lowest BCUT2D eigenvalue weighted by molar-refractivity contribution is -0.116. The Balaban J connectivity index is 2.09. The van der Waals surface area contributed by atoms with E-state index in [2.05, 4.69) is 0 Å². The summed E-state index contributed by atoms with van der Waals surface area (Å²) in [5.41, 5.74) is 2.18. The van der Waals surface area contributed by atoms with Gasteiger partial charge in [0, 0.05) is 19.1 Å². The summed E-state index contributed by atoms with van der Waals surface area (Å²) in [6.45, 7) is 5.91. The molecule has 0 radical (unpaired) electrons. The van der Waals surface area contributed by atoms with Crippen molar-refractivity contribution in [2.45, 2.75) is 38.5 Å². The summed E-state index contributed by atoms with van der Waals surface area (Å²) in [6.07, 6.45) is 2.40. The van der Waals surface area contributed by atoms with Crippen molar-refractivity contribution >= 4 is 28.1 Å². The Morgan fingerprint density at radius 3 is 2.36 bits per heavy atom. The highest BCUT2D eigenvalue weighted by Crippen LogP contribution is 2.41. The Kier molecular flexibility index (Phi) is 5.66. The highest BCUT2D eigenvalue weighted by atomic mass is 32.2. The van der Waals surface area contributed by atoms with Gasteiger partial charge < -0.3 is 4.74 Å². The van der Waals surface area contributed by atoms with Crippen molar-refractivity contribution < 1.29 is 18.5 Å². The van der Waals surface area contributed by atoms with Gasteiger partial charge in [0.05, 0.1) is 26.8 Å². The number of aryl methyl sites for hydroxylation is 1. The second-order valence-electron chi connectivity index (χ2n) is 7.89. The average molecular weight is 397 g/mol. The zero-order valence-corrected chi connectivity index (χ0v) is 17.4. The molecule has 2 aromatic carbocycles. The Morgan fingerprint density at radius 2 is 1.68 bits per heavy atom. The van der Waals surface area contributed by atoms with Crippen molar-refractivity contribution in [3.8, 4) is 0 Å². The highest BCUT2D eigenvalue weighted by molar-refractivity contribution is 7.84. The maximum atomic E-state index is 13.0. The van der Waals surface area contributed by atoms with Crippen LogP contribution in [0.3, 0.4) is 0 Å². The monoisotopic (exact) mass is 396 g/mol. The second-order valence-corrected chi connectivity index (χ2v) is 9.24. The molecular weight excluding hydrogens is 372 g/mol. The van der Waals surface area contributed by atoms with E-state index in [0.717, 1.165) is 11.1 Å². The van der Waals surface area contributed by atoms with Gasteiger partial charge in [-0.25, -0.2) is 4.79 Å². The number of allylic oxidation sites excluding steroid dienone is 2. The van der Waals surface area contributed by atoms with Crippen molar-refractivity contribution in [1.29, 1.82) is 0 Å². The molecule has 0 bridgehead atoms. The number of ether oxygens (including phenoxy) is 1. The molecule has 0 saturated heterocycles. The predicted molar refractivity (Wildman–Crippen MR) is 110 cm³/mol. The van der Waals surface area contributed by atoms with Crippen LogP contribution in [0.5, 0.6) is 0 Å². The van der Waals surface area contributed by atoms with Crippen LogP contribution in [0.2, 0.25) is 0 Å². The number of esters is 1. The first-order valence-electron chi connectivity index (χ1n) is 9.16. The van der Waals surface area contributed by atoms with E-state index in [1.54, 1.807) is 24.3 Å². The molecule has 3 rings (SSSR count). The minimum absolute atomic E-state index is 0.0271. The van der Waals surface area contributed by atoms with Crippen LogP contribution in [0.25, 0.3) is 5.57 Å². The Bertz CT molecular complexity index is 1000. The third-order valence-corrected chi connectivity index (χ3v) is 5.86. The van der Waals surface area contributed by atoms with Gasteiger partial charge in [0.2, 0.25) is 0 Å². The van der Waals surface area contributed by atoms with Gasteiger partial charge in [-0.2, -0.15) is 0 Å². The molecule has 0 fully saturated rings. The standard InChI is InChI=1S/C23H24O4S/c1-15-9-5-6-10-16(15)21-18(24)13-23(2,3)14-19(21)27-22(25)17-11-7-8-12-20(17)28(4)26/h5-12H,13-14H2,1-4H3. The van der Waals surface area contributed by atoms with Crippen molar-refractivity contribution in [2.75, 3.05) is 6.26 Å². The molecule has 5 heteroatoms. The third-order valence-electron chi connectivity index (χ3n) is 4.88. The molecule has 146 valence electrons. The smallest absolute Gasteiger partial charge is 0.344 e.